The van der Waals surface area contributed by atoms with Crippen molar-refractivity contribution in [1.29, 1.82) is 0 Å². The highest BCUT2D eigenvalue weighted by molar-refractivity contribution is 9.10. The first-order valence-electron chi connectivity index (χ1n) is 6.63. The predicted octanol–water partition coefficient (Wildman–Crippen LogP) is 3.60. The normalized spacial score (nSPS) is 17.2. The molecule has 2 aromatic carbocycles. The van der Waals surface area contributed by atoms with Crippen molar-refractivity contribution in [1.82, 2.24) is 5.43 Å². The first kappa shape index (κ1) is 13.9. The number of hydrazone groups is 1. The molecule has 0 bridgehead atoms. The largest absolute Gasteiger partial charge is 0.507 e. The number of halogens is 1. The molecular formula is C16H15BrN2O2. The van der Waals surface area contributed by atoms with Crippen molar-refractivity contribution in [3.05, 3.63) is 58.1 Å². The summed E-state index contributed by atoms with van der Waals surface area (Å²) in [7, 11) is 1.66. The van der Waals surface area contributed by atoms with Crippen LogP contribution in [0.25, 0.3) is 0 Å². The van der Waals surface area contributed by atoms with Gasteiger partial charge in [-0.15, -0.1) is 0 Å². The Balaban J connectivity index is 1.86. The second-order valence-electron chi connectivity index (χ2n) is 4.85. The molecule has 2 aromatic rings. The van der Waals surface area contributed by atoms with Gasteiger partial charge in [0.15, 0.2) is 0 Å². The molecule has 4 nitrogen and oxygen atoms in total. The minimum absolute atomic E-state index is 0.0505. The number of hydrogen-bond donors (Lipinski definition) is 2. The topological polar surface area (TPSA) is 53.9 Å². The molecule has 0 unspecified atom stereocenters. The van der Waals surface area contributed by atoms with E-state index in [1.54, 1.807) is 19.2 Å². The zero-order chi connectivity index (χ0) is 14.8. The number of methoxy groups -OCH3 is 1. The third-order valence-electron chi connectivity index (χ3n) is 3.54. The molecule has 1 atom stereocenters. The summed E-state index contributed by atoms with van der Waals surface area (Å²) in [5, 5.41) is 14.4. The standard InChI is InChI=1S/C16H15BrN2O2/c1-21-16-5-3-2-4-11(16)13-9-14(19-18-13)12-8-10(17)6-7-15(12)20/h2-8,13,18,20H,9H2,1H3/t13-/m1/s1. The Labute approximate surface area is 131 Å². The number of aromatic hydroxyl groups is 1. The van der Waals surface area contributed by atoms with Crippen LogP contribution in [0.2, 0.25) is 0 Å². The van der Waals surface area contributed by atoms with Crippen LogP contribution in [0.5, 0.6) is 11.5 Å². The smallest absolute Gasteiger partial charge is 0.124 e. The Hall–Kier alpha value is -2.01. The van der Waals surface area contributed by atoms with Crippen molar-refractivity contribution in [3.63, 3.8) is 0 Å². The maximum Gasteiger partial charge on any atom is 0.124 e. The van der Waals surface area contributed by atoms with Crippen molar-refractivity contribution in [2.24, 2.45) is 5.10 Å². The van der Waals surface area contributed by atoms with Gasteiger partial charge in [0.2, 0.25) is 0 Å². The van der Waals surface area contributed by atoms with Crippen molar-refractivity contribution in [3.8, 4) is 11.5 Å². The van der Waals surface area contributed by atoms with Gasteiger partial charge in [-0.1, -0.05) is 34.1 Å². The van der Waals surface area contributed by atoms with Gasteiger partial charge in [-0.25, -0.2) is 0 Å². The van der Waals surface area contributed by atoms with E-state index >= 15 is 0 Å². The number of nitrogens with one attached hydrogen (secondary N) is 1. The summed E-state index contributed by atoms with van der Waals surface area (Å²) < 4.78 is 6.31. The second-order valence-corrected chi connectivity index (χ2v) is 5.76. The summed E-state index contributed by atoms with van der Waals surface area (Å²) in [6.45, 7) is 0. The van der Waals surface area contributed by atoms with E-state index in [1.165, 1.54) is 0 Å². The van der Waals surface area contributed by atoms with Gasteiger partial charge in [0.1, 0.15) is 11.5 Å². The van der Waals surface area contributed by atoms with E-state index in [0.29, 0.717) is 6.42 Å². The molecule has 5 heteroatoms. The molecule has 0 saturated carbocycles. The molecule has 3 rings (SSSR count). The van der Waals surface area contributed by atoms with Crippen LogP contribution in [0, 0.1) is 0 Å². The van der Waals surface area contributed by atoms with Gasteiger partial charge < -0.3 is 15.3 Å². The number of phenolic OH excluding ortho intramolecular Hbond substituents is 1. The molecule has 108 valence electrons. The fourth-order valence-corrected chi connectivity index (χ4v) is 2.84. The minimum atomic E-state index is 0.0505. The SMILES string of the molecule is COc1ccccc1[C@H]1CC(c2cc(Br)ccc2O)=NN1. The van der Waals surface area contributed by atoms with E-state index in [1.807, 2.05) is 30.3 Å². The highest BCUT2D eigenvalue weighted by Gasteiger charge is 2.25. The van der Waals surface area contributed by atoms with Crippen LogP contribution in [0.15, 0.2) is 52.0 Å². The first-order chi connectivity index (χ1) is 10.2. The molecule has 0 spiro atoms. The molecule has 0 saturated heterocycles. The Kier molecular flexibility index (Phi) is 3.84. The second kappa shape index (κ2) is 5.77. The number of benzene rings is 2. The quantitative estimate of drug-likeness (QED) is 0.892. The van der Waals surface area contributed by atoms with Crippen LogP contribution in [0.3, 0.4) is 0 Å². The van der Waals surface area contributed by atoms with Crippen LogP contribution in [-0.4, -0.2) is 17.9 Å². The summed E-state index contributed by atoms with van der Waals surface area (Å²) in [5.74, 6) is 1.07. The Morgan fingerprint density at radius 1 is 1.29 bits per heavy atom. The van der Waals surface area contributed by atoms with Crippen LogP contribution in [0.1, 0.15) is 23.6 Å². The van der Waals surface area contributed by atoms with Gasteiger partial charge in [-0.3, -0.25) is 0 Å². The predicted molar refractivity (Wildman–Crippen MR) is 85.8 cm³/mol. The van der Waals surface area contributed by atoms with Gasteiger partial charge in [0.25, 0.3) is 0 Å². The van der Waals surface area contributed by atoms with E-state index in [9.17, 15) is 5.11 Å². The van der Waals surface area contributed by atoms with Gasteiger partial charge in [-0.2, -0.15) is 5.10 Å². The number of phenols is 1. The number of rotatable bonds is 3. The molecule has 0 radical (unpaired) electrons. The van der Waals surface area contributed by atoms with E-state index < -0.39 is 0 Å². The monoisotopic (exact) mass is 346 g/mol. The average Bonchev–Trinajstić information content (AvgIpc) is 2.99. The minimum Gasteiger partial charge on any atom is -0.507 e. The zero-order valence-electron chi connectivity index (χ0n) is 11.5. The molecule has 1 aliphatic rings. The third kappa shape index (κ3) is 2.74. The molecule has 0 aliphatic carbocycles. The summed E-state index contributed by atoms with van der Waals surface area (Å²) >= 11 is 3.42. The van der Waals surface area contributed by atoms with Crippen LogP contribution < -0.4 is 10.2 Å². The number of hydrogen-bond acceptors (Lipinski definition) is 4. The number of nitrogens with zero attached hydrogens (tertiary/aromatic N) is 1. The van der Waals surface area contributed by atoms with Crippen LogP contribution in [-0.2, 0) is 0 Å². The molecule has 1 heterocycles. The van der Waals surface area contributed by atoms with Crippen molar-refractivity contribution in [2.45, 2.75) is 12.5 Å². The molecular weight excluding hydrogens is 332 g/mol. The van der Waals surface area contributed by atoms with Gasteiger partial charge >= 0.3 is 0 Å². The maximum absolute atomic E-state index is 10.00. The van der Waals surface area contributed by atoms with E-state index in [2.05, 4.69) is 26.5 Å². The molecule has 1 aliphatic heterocycles. The summed E-state index contributed by atoms with van der Waals surface area (Å²) in [6, 6.07) is 13.3. The van der Waals surface area contributed by atoms with Crippen molar-refractivity contribution >= 4 is 21.6 Å². The fraction of sp³-hybridized carbons (Fsp3) is 0.188. The molecule has 2 N–H and O–H groups in total. The lowest BCUT2D eigenvalue weighted by Crippen LogP contribution is -2.11. The van der Waals surface area contributed by atoms with Gasteiger partial charge in [-0.05, 0) is 24.3 Å². The molecule has 0 fully saturated rings. The number of para-hydroxylation sites is 1. The zero-order valence-corrected chi connectivity index (χ0v) is 13.1. The van der Waals surface area contributed by atoms with E-state index in [-0.39, 0.29) is 11.8 Å². The summed E-state index contributed by atoms with van der Waals surface area (Å²) in [4.78, 5) is 0. The van der Waals surface area contributed by atoms with Crippen LogP contribution in [0.4, 0.5) is 0 Å². The molecule has 21 heavy (non-hydrogen) atoms. The lowest BCUT2D eigenvalue weighted by atomic mass is 9.98. The fourth-order valence-electron chi connectivity index (χ4n) is 2.48. The maximum atomic E-state index is 10.00. The molecule has 0 amide bonds. The summed E-state index contributed by atoms with van der Waals surface area (Å²) in [6.07, 6.45) is 0.699. The Morgan fingerprint density at radius 3 is 2.90 bits per heavy atom. The lowest BCUT2D eigenvalue weighted by molar-refractivity contribution is 0.402. The van der Waals surface area contributed by atoms with Crippen LogP contribution >= 0.6 is 15.9 Å². The highest BCUT2D eigenvalue weighted by atomic mass is 79.9. The first-order valence-corrected chi connectivity index (χ1v) is 7.42. The third-order valence-corrected chi connectivity index (χ3v) is 4.03. The average molecular weight is 347 g/mol. The Morgan fingerprint density at radius 2 is 2.10 bits per heavy atom. The molecule has 0 aromatic heterocycles. The van der Waals surface area contributed by atoms with Gasteiger partial charge in [0.05, 0.1) is 18.9 Å². The van der Waals surface area contributed by atoms with Gasteiger partial charge in [0, 0.05) is 22.0 Å². The van der Waals surface area contributed by atoms with Crippen molar-refractivity contribution < 1.29 is 9.84 Å². The lowest BCUT2D eigenvalue weighted by Gasteiger charge is -2.14. The van der Waals surface area contributed by atoms with E-state index in [4.69, 9.17) is 4.74 Å². The van der Waals surface area contributed by atoms with E-state index in [0.717, 1.165) is 27.1 Å². The summed E-state index contributed by atoms with van der Waals surface area (Å²) in [5.41, 5.74) is 5.77. The van der Waals surface area contributed by atoms with Crippen molar-refractivity contribution in [2.75, 3.05) is 7.11 Å². The Bertz CT molecular complexity index is 700. The highest BCUT2D eigenvalue weighted by Crippen LogP contribution is 2.33. The number of ether oxygens (including phenoxy) is 1.